The number of hydrogen-bond acceptors (Lipinski definition) is 1. The third-order valence-corrected chi connectivity index (χ3v) is 6.36. The average molecular weight is 501 g/mol. The van der Waals surface area contributed by atoms with Crippen molar-refractivity contribution in [3.05, 3.63) is 26.6 Å². The molecule has 0 unspecified atom stereocenters. The Morgan fingerprint density at radius 1 is 0.667 bits per heavy atom. The standard InChI is InChI=1S/C21H39N6.2ClH.Mn/c22-11-5-6-17-16-27-21-10-4-3-9-20(21)26-15-14-25-19-8-2-1-7-18(19)24-13-12-23-17;;;/h17-21H,1-16,22H2;2*1H;/q-5;;;+2/p-2/t17-,18+,19+,20+,21+;;;/m0.../s1. The van der Waals surface area contributed by atoms with Gasteiger partial charge in [-0.15, -0.1) is 0 Å². The first-order valence-corrected chi connectivity index (χ1v) is 14.9. The minimum absolute atomic E-state index is 0.00694. The molecule has 30 heavy (non-hydrogen) atoms. The Morgan fingerprint density at radius 3 is 1.50 bits per heavy atom. The first-order chi connectivity index (χ1) is 14.8. The van der Waals surface area contributed by atoms with E-state index in [0.717, 1.165) is 52.1 Å². The van der Waals surface area contributed by atoms with Gasteiger partial charge in [-0.1, -0.05) is 57.8 Å². The number of rotatable bonds is 3. The molecule has 1 aliphatic heterocycles. The average Bonchev–Trinajstić information content (AvgIpc) is 2.77. The Morgan fingerprint density at radius 2 is 1.07 bits per heavy atom. The van der Waals surface area contributed by atoms with Crippen molar-refractivity contribution in [1.29, 1.82) is 0 Å². The van der Waals surface area contributed by atoms with Crippen LogP contribution in [0.1, 0.15) is 64.2 Å². The second-order valence-corrected chi connectivity index (χ2v) is 10.4. The number of halogens is 2. The summed E-state index contributed by atoms with van der Waals surface area (Å²) in [6, 6.07) is 1.93. The molecule has 2 saturated carbocycles. The zero-order valence-corrected chi connectivity index (χ0v) is 20.8. The molecule has 5 atom stereocenters. The zero-order valence-electron chi connectivity index (χ0n) is 18.1. The molecule has 3 rings (SSSR count). The molecule has 6 nitrogen and oxygen atoms in total. The molecule has 1 saturated heterocycles. The van der Waals surface area contributed by atoms with Crippen LogP contribution in [0.15, 0.2) is 0 Å². The van der Waals surface area contributed by atoms with Crippen LogP contribution in [0.2, 0.25) is 0 Å². The van der Waals surface area contributed by atoms with Crippen molar-refractivity contribution in [2.45, 2.75) is 94.4 Å². The van der Waals surface area contributed by atoms with Crippen LogP contribution in [0.25, 0.3) is 26.6 Å². The first kappa shape index (κ1) is 27.1. The number of hydrogen-bond donors (Lipinski definition) is 1. The van der Waals surface area contributed by atoms with E-state index in [4.69, 9.17) is 52.5 Å². The third kappa shape index (κ3) is 10.7. The van der Waals surface area contributed by atoms with Gasteiger partial charge in [0.25, 0.3) is 0 Å². The summed E-state index contributed by atoms with van der Waals surface area (Å²) >= 11 is 0.00694. The molecular weight excluding hydrogens is 462 g/mol. The molecule has 0 amide bonds. The van der Waals surface area contributed by atoms with E-state index in [1.165, 1.54) is 51.4 Å². The van der Waals surface area contributed by atoms with Crippen molar-refractivity contribution < 1.29 is 13.1 Å². The van der Waals surface area contributed by atoms with Crippen LogP contribution in [0.4, 0.5) is 0 Å². The van der Waals surface area contributed by atoms with Gasteiger partial charge in [0.05, 0.1) is 0 Å². The van der Waals surface area contributed by atoms with Gasteiger partial charge in [0.1, 0.15) is 0 Å². The van der Waals surface area contributed by atoms with E-state index >= 15 is 0 Å². The van der Waals surface area contributed by atoms with Crippen LogP contribution in [-0.4, -0.2) is 69.5 Å². The van der Waals surface area contributed by atoms with Crippen molar-refractivity contribution in [3.63, 3.8) is 0 Å². The van der Waals surface area contributed by atoms with E-state index in [1.54, 1.807) is 0 Å². The summed E-state index contributed by atoms with van der Waals surface area (Å²) in [6.45, 7) is 4.97. The maximum absolute atomic E-state index is 5.74. The molecule has 0 spiro atoms. The Bertz CT molecular complexity index is 423. The van der Waals surface area contributed by atoms with E-state index in [9.17, 15) is 0 Å². The van der Waals surface area contributed by atoms with Gasteiger partial charge in [0.2, 0.25) is 0 Å². The van der Waals surface area contributed by atoms with Crippen molar-refractivity contribution >= 4 is 20.2 Å². The Hall–Kier alpha value is 0.859. The molecule has 3 aliphatic rings. The molecular formula is C21H39Cl2MnN6-5. The fourth-order valence-electron chi connectivity index (χ4n) is 4.80. The van der Waals surface area contributed by atoms with Gasteiger partial charge in [0.15, 0.2) is 0 Å². The number of fused-ring (bicyclic) bond motifs is 2. The molecule has 0 aromatic carbocycles. The van der Waals surface area contributed by atoms with E-state index < -0.39 is 0 Å². The zero-order chi connectivity index (χ0) is 21.4. The van der Waals surface area contributed by atoms with E-state index in [1.807, 2.05) is 0 Å². The van der Waals surface area contributed by atoms with Crippen LogP contribution < -0.4 is 5.73 Å². The normalized spacial score (nSPS) is 34.3. The Kier molecular flexibility index (Phi) is 15.7. The predicted molar refractivity (Wildman–Crippen MR) is 127 cm³/mol. The van der Waals surface area contributed by atoms with Crippen molar-refractivity contribution in [1.82, 2.24) is 0 Å². The van der Waals surface area contributed by atoms with E-state index in [2.05, 4.69) is 0 Å². The van der Waals surface area contributed by atoms with E-state index in [-0.39, 0.29) is 13.1 Å². The summed E-state index contributed by atoms with van der Waals surface area (Å²) < 4.78 is 0. The van der Waals surface area contributed by atoms with Crippen molar-refractivity contribution in [2.75, 3.05) is 39.3 Å². The maximum atomic E-state index is 5.74. The molecule has 2 aliphatic carbocycles. The predicted octanol–water partition coefficient (Wildman–Crippen LogP) is 5.97. The molecule has 0 bridgehead atoms. The summed E-state index contributed by atoms with van der Waals surface area (Å²) in [7, 11) is 9.59. The molecule has 3 fully saturated rings. The van der Waals surface area contributed by atoms with Gasteiger partial charge >= 0.3 is 33.3 Å². The van der Waals surface area contributed by atoms with Crippen LogP contribution in [0, 0.1) is 0 Å². The van der Waals surface area contributed by atoms with Gasteiger partial charge < -0.3 is 32.3 Å². The van der Waals surface area contributed by atoms with Gasteiger partial charge in [-0.3, -0.25) is 0 Å². The van der Waals surface area contributed by atoms with Crippen molar-refractivity contribution in [3.8, 4) is 0 Å². The van der Waals surface area contributed by atoms with Crippen LogP contribution in [-0.2, 0) is 13.1 Å². The van der Waals surface area contributed by atoms with Crippen LogP contribution >= 0.6 is 20.2 Å². The Balaban J connectivity index is 0.00000101. The quantitative estimate of drug-likeness (QED) is 0.474. The number of nitrogens with two attached hydrogens (primary N) is 1. The molecule has 2 N–H and O–H groups in total. The van der Waals surface area contributed by atoms with Crippen molar-refractivity contribution in [2.24, 2.45) is 5.73 Å². The first-order valence-electron chi connectivity index (χ1n) is 11.7. The summed E-state index contributed by atoms with van der Waals surface area (Å²) in [5, 5.41) is 25.0. The molecule has 0 aromatic heterocycles. The molecule has 0 aromatic rings. The monoisotopic (exact) mass is 500 g/mol. The third-order valence-electron chi connectivity index (χ3n) is 6.36. The summed E-state index contributed by atoms with van der Waals surface area (Å²) in [6.07, 6.45) is 12.0. The second-order valence-electron chi connectivity index (χ2n) is 8.47. The SMILES string of the molecule is NCCC[C@H]1C[N-][C@@H]2CCCC[C@H]2[N-]CC[N-][C@@H]2CCCC[C@H]2[N-]CC[N-]1.[Cl][Mn][Cl]. The second kappa shape index (κ2) is 17.4. The number of nitrogens with zero attached hydrogens (tertiary/aromatic N) is 5. The summed E-state index contributed by atoms with van der Waals surface area (Å²) in [5.41, 5.74) is 5.74. The van der Waals surface area contributed by atoms with E-state index in [0.29, 0.717) is 30.2 Å². The molecule has 0 radical (unpaired) electrons. The fraction of sp³-hybridized carbons (Fsp3) is 1.00. The fourth-order valence-corrected chi connectivity index (χ4v) is 4.80. The molecule has 1 heterocycles. The van der Waals surface area contributed by atoms with Crippen LogP contribution in [0.3, 0.4) is 0 Å². The van der Waals surface area contributed by atoms with Gasteiger partial charge in [0, 0.05) is 0 Å². The summed E-state index contributed by atoms with van der Waals surface area (Å²) in [5.74, 6) is 0. The molecule has 9 heteroatoms. The molecule has 179 valence electrons. The van der Waals surface area contributed by atoms with Gasteiger partial charge in [-0.25, -0.2) is 0 Å². The Labute approximate surface area is 198 Å². The topological polar surface area (TPSA) is 96.5 Å². The van der Waals surface area contributed by atoms with Gasteiger partial charge in [-0.05, 0) is 13.0 Å². The van der Waals surface area contributed by atoms with Crippen LogP contribution in [0.5, 0.6) is 0 Å². The van der Waals surface area contributed by atoms with Gasteiger partial charge in [-0.2, -0.15) is 62.9 Å². The minimum atomic E-state index is 0.00694. The summed E-state index contributed by atoms with van der Waals surface area (Å²) in [4.78, 5) is 0.